The van der Waals surface area contributed by atoms with Gasteiger partial charge >= 0.3 is 0 Å². The molecule has 2 N–H and O–H groups in total. The fraction of sp³-hybridized carbons (Fsp3) is 0.533. The molecule has 4 heteroatoms. The molecule has 0 aromatic heterocycles. The van der Waals surface area contributed by atoms with Gasteiger partial charge in [-0.3, -0.25) is 4.90 Å². The number of thiocarbonyl (C=S) groups is 1. The standard InChI is InChI=1S/C15H21FN2S/c1-10-5-7-18(8-6-10)14(15(17)19)12-3-4-13(16)11(2)9-12/h3-4,9-10,14H,5-8H2,1-2H3,(H2,17,19). The number of nitrogens with two attached hydrogens (primary N) is 1. The lowest BCUT2D eigenvalue weighted by Gasteiger charge is -2.36. The molecule has 1 aliphatic rings. The van der Waals surface area contributed by atoms with E-state index in [-0.39, 0.29) is 11.9 Å². The van der Waals surface area contributed by atoms with Crippen LogP contribution in [0.3, 0.4) is 0 Å². The molecule has 1 atom stereocenters. The van der Waals surface area contributed by atoms with E-state index in [1.165, 1.54) is 18.9 Å². The quantitative estimate of drug-likeness (QED) is 0.862. The minimum Gasteiger partial charge on any atom is -0.392 e. The van der Waals surface area contributed by atoms with Crippen LogP contribution in [0.15, 0.2) is 18.2 Å². The summed E-state index contributed by atoms with van der Waals surface area (Å²) >= 11 is 5.23. The van der Waals surface area contributed by atoms with E-state index in [1.54, 1.807) is 13.0 Å². The highest BCUT2D eigenvalue weighted by Crippen LogP contribution is 2.28. The van der Waals surface area contributed by atoms with Crippen molar-refractivity contribution >= 4 is 17.2 Å². The number of hydrogen-bond acceptors (Lipinski definition) is 2. The predicted molar refractivity (Wildman–Crippen MR) is 80.6 cm³/mol. The molecule has 0 spiro atoms. The summed E-state index contributed by atoms with van der Waals surface area (Å²) in [7, 11) is 0. The maximum atomic E-state index is 13.4. The summed E-state index contributed by atoms with van der Waals surface area (Å²) < 4.78 is 13.4. The second-order valence-corrected chi connectivity index (χ2v) is 6.00. The van der Waals surface area contributed by atoms with E-state index in [4.69, 9.17) is 18.0 Å². The summed E-state index contributed by atoms with van der Waals surface area (Å²) in [5, 5.41) is 0. The summed E-state index contributed by atoms with van der Waals surface area (Å²) in [6.45, 7) is 6.04. The topological polar surface area (TPSA) is 29.3 Å². The Morgan fingerprint density at radius 1 is 1.42 bits per heavy atom. The lowest BCUT2D eigenvalue weighted by Crippen LogP contribution is -2.41. The fourth-order valence-electron chi connectivity index (χ4n) is 2.68. The zero-order valence-corrected chi connectivity index (χ0v) is 12.3. The minimum atomic E-state index is -0.183. The Balaban J connectivity index is 2.24. The highest BCUT2D eigenvalue weighted by atomic mass is 32.1. The maximum absolute atomic E-state index is 13.4. The SMILES string of the molecule is Cc1cc(C(C(N)=S)N2CCC(C)CC2)ccc1F. The Hall–Kier alpha value is -1.00. The second-order valence-electron chi connectivity index (χ2n) is 5.53. The van der Waals surface area contributed by atoms with E-state index in [0.717, 1.165) is 24.6 Å². The Morgan fingerprint density at radius 3 is 2.58 bits per heavy atom. The van der Waals surface area contributed by atoms with Gasteiger partial charge in [0, 0.05) is 0 Å². The summed E-state index contributed by atoms with van der Waals surface area (Å²) in [5.74, 6) is 0.580. The van der Waals surface area contributed by atoms with Gasteiger partial charge in [0.05, 0.1) is 11.0 Å². The maximum Gasteiger partial charge on any atom is 0.126 e. The van der Waals surface area contributed by atoms with Crippen LogP contribution in [0, 0.1) is 18.7 Å². The van der Waals surface area contributed by atoms with Crippen molar-refractivity contribution in [1.82, 2.24) is 4.90 Å². The molecule has 19 heavy (non-hydrogen) atoms. The minimum absolute atomic E-state index is 0.0678. The van der Waals surface area contributed by atoms with Crippen LogP contribution >= 0.6 is 12.2 Å². The van der Waals surface area contributed by atoms with Crippen LogP contribution in [0.25, 0.3) is 0 Å². The summed E-state index contributed by atoms with van der Waals surface area (Å²) in [6, 6.07) is 5.09. The van der Waals surface area contributed by atoms with Crippen LogP contribution in [0.5, 0.6) is 0 Å². The number of nitrogens with zero attached hydrogens (tertiary/aromatic N) is 1. The largest absolute Gasteiger partial charge is 0.392 e. The number of likely N-dealkylation sites (tertiary alicyclic amines) is 1. The zero-order chi connectivity index (χ0) is 14.0. The second kappa shape index (κ2) is 5.97. The van der Waals surface area contributed by atoms with Gasteiger partial charge in [0.25, 0.3) is 0 Å². The van der Waals surface area contributed by atoms with Gasteiger partial charge in [0.15, 0.2) is 0 Å². The number of rotatable bonds is 3. The Kier molecular flexibility index (Phi) is 4.53. The van der Waals surface area contributed by atoms with Gasteiger partial charge in [-0.15, -0.1) is 0 Å². The first-order chi connectivity index (χ1) is 8.99. The highest BCUT2D eigenvalue weighted by molar-refractivity contribution is 7.80. The molecule has 0 amide bonds. The molecule has 0 saturated carbocycles. The summed E-state index contributed by atoms with van der Waals surface area (Å²) in [6.07, 6.45) is 2.33. The van der Waals surface area contributed by atoms with Crippen LogP contribution in [0.4, 0.5) is 4.39 Å². The van der Waals surface area contributed by atoms with Crippen molar-refractivity contribution in [3.63, 3.8) is 0 Å². The Labute approximate surface area is 119 Å². The molecule has 1 aromatic rings. The number of aryl methyl sites for hydroxylation is 1. The molecule has 2 rings (SSSR count). The molecule has 1 fully saturated rings. The van der Waals surface area contributed by atoms with Crippen LogP contribution in [0.1, 0.15) is 36.9 Å². The van der Waals surface area contributed by atoms with Gasteiger partial charge < -0.3 is 5.73 Å². The first kappa shape index (κ1) is 14.4. The van der Waals surface area contributed by atoms with E-state index in [0.29, 0.717) is 10.6 Å². The Morgan fingerprint density at radius 2 is 2.05 bits per heavy atom. The molecule has 1 saturated heterocycles. The third kappa shape index (κ3) is 3.31. The van der Waals surface area contributed by atoms with E-state index in [2.05, 4.69) is 11.8 Å². The van der Waals surface area contributed by atoms with Crippen molar-refractivity contribution < 1.29 is 4.39 Å². The van der Waals surface area contributed by atoms with Crippen molar-refractivity contribution in [1.29, 1.82) is 0 Å². The first-order valence-corrected chi connectivity index (χ1v) is 7.19. The van der Waals surface area contributed by atoms with Gasteiger partial charge in [-0.25, -0.2) is 4.39 Å². The lowest BCUT2D eigenvalue weighted by atomic mass is 9.95. The van der Waals surface area contributed by atoms with E-state index in [1.807, 2.05) is 6.07 Å². The normalized spacial score (nSPS) is 19.3. The van der Waals surface area contributed by atoms with Crippen molar-refractivity contribution in [2.45, 2.75) is 32.7 Å². The molecule has 0 aliphatic carbocycles. The van der Waals surface area contributed by atoms with Crippen molar-refractivity contribution in [3.05, 3.63) is 35.1 Å². The van der Waals surface area contributed by atoms with Gasteiger partial charge in [-0.05, 0) is 56.0 Å². The van der Waals surface area contributed by atoms with Crippen molar-refractivity contribution in [2.24, 2.45) is 11.7 Å². The van der Waals surface area contributed by atoms with Gasteiger partial charge in [0.2, 0.25) is 0 Å². The lowest BCUT2D eigenvalue weighted by molar-refractivity contribution is 0.171. The Bertz CT molecular complexity index is 467. The van der Waals surface area contributed by atoms with Crippen LogP contribution in [-0.4, -0.2) is 23.0 Å². The highest BCUT2D eigenvalue weighted by Gasteiger charge is 2.26. The smallest absolute Gasteiger partial charge is 0.126 e. The average Bonchev–Trinajstić information content (AvgIpc) is 2.36. The third-order valence-electron chi connectivity index (χ3n) is 3.95. The van der Waals surface area contributed by atoms with E-state index < -0.39 is 0 Å². The molecule has 1 aliphatic heterocycles. The van der Waals surface area contributed by atoms with Crippen LogP contribution in [0.2, 0.25) is 0 Å². The predicted octanol–water partition coefficient (Wildman–Crippen LogP) is 3.19. The molecular weight excluding hydrogens is 259 g/mol. The average molecular weight is 280 g/mol. The van der Waals surface area contributed by atoms with Gasteiger partial charge in [0.1, 0.15) is 5.82 Å². The molecule has 0 radical (unpaired) electrons. The van der Waals surface area contributed by atoms with Gasteiger partial charge in [-0.1, -0.05) is 31.3 Å². The molecule has 0 bridgehead atoms. The molecule has 1 heterocycles. The monoisotopic (exact) mass is 280 g/mol. The van der Waals surface area contributed by atoms with Crippen molar-refractivity contribution in [2.75, 3.05) is 13.1 Å². The zero-order valence-electron chi connectivity index (χ0n) is 11.5. The third-order valence-corrected chi connectivity index (χ3v) is 4.17. The number of halogens is 1. The number of hydrogen-bond donors (Lipinski definition) is 1. The van der Waals surface area contributed by atoms with E-state index in [9.17, 15) is 4.39 Å². The molecule has 2 nitrogen and oxygen atoms in total. The van der Waals surface area contributed by atoms with Crippen LogP contribution in [-0.2, 0) is 0 Å². The van der Waals surface area contributed by atoms with Crippen molar-refractivity contribution in [3.8, 4) is 0 Å². The number of benzene rings is 1. The summed E-state index contributed by atoms with van der Waals surface area (Å²) in [5.41, 5.74) is 7.56. The summed E-state index contributed by atoms with van der Waals surface area (Å²) in [4.78, 5) is 2.79. The molecular formula is C15H21FN2S. The first-order valence-electron chi connectivity index (χ1n) is 6.78. The van der Waals surface area contributed by atoms with Crippen LogP contribution < -0.4 is 5.73 Å². The molecule has 104 valence electrons. The number of piperidine rings is 1. The molecule has 1 unspecified atom stereocenters. The molecule has 1 aromatic carbocycles. The fourth-order valence-corrected chi connectivity index (χ4v) is 2.96. The van der Waals surface area contributed by atoms with E-state index >= 15 is 0 Å². The van der Waals surface area contributed by atoms with Gasteiger partial charge in [-0.2, -0.15) is 0 Å².